The van der Waals surface area contributed by atoms with Crippen LogP contribution < -0.4 is 5.73 Å². The lowest BCUT2D eigenvalue weighted by Crippen LogP contribution is -2.51. The zero-order valence-corrected chi connectivity index (χ0v) is 7.69. The first-order chi connectivity index (χ1) is 5.24. The Morgan fingerprint density at radius 3 is 2.17 bits per heavy atom. The van der Waals surface area contributed by atoms with Crippen LogP contribution in [0.4, 0.5) is 0 Å². The summed E-state index contributed by atoms with van der Waals surface area (Å²) in [5.41, 5.74) is 5.21. The Morgan fingerprint density at radius 2 is 1.92 bits per heavy atom. The molecule has 0 aliphatic heterocycles. The molecule has 4 N–H and O–H groups in total. The number of hydrogen-bond donors (Lipinski definition) is 3. The molecule has 0 saturated heterocycles. The SMILES string of the molecule is C[N+](C)(C)C[C@H](O)[C@H](N)C(=O)O. The molecule has 0 saturated carbocycles. The lowest BCUT2D eigenvalue weighted by molar-refractivity contribution is -0.873. The normalized spacial score (nSPS) is 17.1. The van der Waals surface area contributed by atoms with Crippen molar-refractivity contribution in [3.63, 3.8) is 0 Å². The van der Waals surface area contributed by atoms with Crippen LogP contribution in [0.2, 0.25) is 0 Å². The minimum absolute atomic E-state index is 0.327. The number of carbonyl (C=O) groups is 1. The number of quaternary nitrogens is 1. The molecule has 0 unspecified atom stereocenters. The van der Waals surface area contributed by atoms with Crippen LogP contribution in [-0.2, 0) is 4.79 Å². The Hall–Kier alpha value is -0.650. The van der Waals surface area contributed by atoms with E-state index >= 15 is 0 Å². The predicted octanol–water partition coefficient (Wildman–Crippen LogP) is -1.53. The average Bonchev–Trinajstić information content (AvgIpc) is 1.82. The smallest absolute Gasteiger partial charge is 0.323 e. The van der Waals surface area contributed by atoms with Crippen molar-refractivity contribution in [2.75, 3.05) is 27.7 Å². The largest absolute Gasteiger partial charge is 0.480 e. The van der Waals surface area contributed by atoms with Crippen LogP contribution in [0.25, 0.3) is 0 Å². The highest BCUT2D eigenvalue weighted by Gasteiger charge is 2.26. The molecule has 0 spiro atoms. The van der Waals surface area contributed by atoms with E-state index in [4.69, 9.17) is 10.8 Å². The summed E-state index contributed by atoms with van der Waals surface area (Å²) in [7, 11) is 5.58. The van der Waals surface area contributed by atoms with Gasteiger partial charge < -0.3 is 20.4 Å². The Kier molecular flexibility index (Phi) is 3.63. The molecule has 0 amide bonds. The Morgan fingerprint density at radius 1 is 1.50 bits per heavy atom. The molecule has 0 aliphatic carbocycles. The quantitative estimate of drug-likeness (QED) is 0.455. The number of carboxylic acids is 1. The number of nitrogens with zero attached hydrogens (tertiary/aromatic N) is 1. The van der Waals surface area contributed by atoms with Crippen LogP contribution in [0.3, 0.4) is 0 Å². The molecule has 0 aromatic carbocycles. The van der Waals surface area contributed by atoms with Gasteiger partial charge in [0.05, 0.1) is 21.1 Å². The van der Waals surface area contributed by atoms with E-state index in [1.807, 2.05) is 21.1 Å². The van der Waals surface area contributed by atoms with Gasteiger partial charge in [-0.05, 0) is 0 Å². The molecular formula is C7H17N2O3+. The number of rotatable bonds is 4. The minimum Gasteiger partial charge on any atom is -0.480 e. The van der Waals surface area contributed by atoms with Gasteiger partial charge in [-0.2, -0.15) is 0 Å². The maximum absolute atomic E-state index is 10.3. The highest BCUT2D eigenvalue weighted by Crippen LogP contribution is 1.98. The van der Waals surface area contributed by atoms with Crippen molar-refractivity contribution in [1.82, 2.24) is 0 Å². The van der Waals surface area contributed by atoms with Crippen LogP contribution in [0.5, 0.6) is 0 Å². The van der Waals surface area contributed by atoms with E-state index in [0.717, 1.165) is 0 Å². The van der Waals surface area contributed by atoms with E-state index in [-0.39, 0.29) is 0 Å². The maximum atomic E-state index is 10.3. The lowest BCUT2D eigenvalue weighted by atomic mass is 10.1. The number of carboxylic acid groups (broad SMARTS) is 1. The highest BCUT2D eigenvalue weighted by atomic mass is 16.4. The first-order valence-electron chi connectivity index (χ1n) is 3.71. The Labute approximate surface area is 72.0 Å². The van der Waals surface area contributed by atoms with E-state index in [1.165, 1.54) is 0 Å². The average molecular weight is 177 g/mol. The van der Waals surface area contributed by atoms with Gasteiger partial charge in [-0.3, -0.25) is 4.79 Å². The summed E-state index contributed by atoms with van der Waals surface area (Å²) < 4.78 is 0.488. The predicted molar refractivity (Wildman–Crippen MR) is 44.5 cm³/mol. The number of likely N-dealkylation sites (N-methyl/N-ethyl adjacent to an activating group) is 1. The van der Waals surface area contributed by atoms with Crippen LogP contribution in [0, 0.1) is 0 Å². The van der Waals surface area contributed by atoms with Crippen LogP contribution >= 0.6 is 0 Å². The third-order valence-corrected chi connectivity index (χ3v) is 1.43. The molecule has 5 heteroatoms. The standard InChI is InChI=1S/C7H16N2O3/c1-9(2,3)4-5(10)6(8)7(11)12/h5-6,10H,4,8H2,1-3H3/p+1/t5-,6-/m0/s1. The fraction of sp³-hybridized carbons (Fsp3) is 0.857. The molecule has 0 heterocycles. The van der Waals surface area contributed by atoms with Gasteiger partial charge in [-0.25, -0.2) is 0 Å². The Bertz CT molecular complexity index is 165. The van der Waals surface area contributed by atoms with Gasteiger partial charge in [-0.1, -0.05) is 0 Å². The molecule has 0 aliphatic rings. The monoisotopic (exact) mass is 177 g/mol. The zero-order chi connectivity index (χ0) is 9.94. The van der Waals surface area contributed by atoms with Crippen LogP contribution in [-0.4, -0.2) is 60.5 Å². The van der Waals surface area contributed by atoms with Gasteiger partial charge in [0, 0.05) is 0 Å². The second-order valence-corrected chi connectivity index (χ2v) is 3.90. The highest BCUT2D eigenvalue weighted by molar-refractivity contribution is 5.73. The van der Waals surface area contributed by atoms with E-state index in [2.05, 4.69) is 0 Å². The summed E-state index contributed by atoms with van der Waals surface area (Å²) >= 11 is 0. The molecule has 0 rings (SSSR count). The summed E-state index contributed by atoms with van der Waals surface area (Å²) in [5, 5.41) is 17.8. The fourth-order valence-corrected chi connectivity index (χ4v) is 0.839. The number of nitrogens with two attached hydrogens (primary N) is 1. The van der Waals surface area contributed by atoms with E-state index in [9.17, 15) is 9.90 Å². The van der Waals surface area contributed by atoms with Crippen molar-refractivity contribution >= 4 is 5.97 Å². The third-order valence-electron chi connectivity index (χ3n) is 1.43. The summed E-state index contributed by atoms with van der Waals surface area (Å²) in [5.74, 6) is -1.17. The molecule has 0 bridgehead atoms. The summed E-state index contributed by atoms with van der Waals surface area (Å²) in [4.78, 5) is 10.3. The minimum atomic E-state index is -1.19. The van der Waals surface area contributed by atoms with Gasteiger partial charge in [0.2, 0.25) is 0 Å². The van der Waals surface area contributed by atoms with Crippen LogP contribution in [0.1, 0.15) is 0 Å². The lowest BCUT2D eigenvalue weighted by Gasteiger charge is -2.27. The molecule has 0 radical (unpaired) electrons. The van der Waals surface area contributed by atoms with Crippen molar-refractivity contribution in [3.05, 3.63) is 0 Å². The summed E-state index contributed by atoms with van der Waals surface area (Å²) in [6.45, 7) is 0.327. The van der Waals surface area contributed by atoms with Crippen LogP contribution in [0.15, 0.2) is 0 Å². The van der Waals surface area contributed by atoms with Crippen molar-refractivity contribution in [1.29, 1.82) is 0 Å². The molecule has 0 fully saturated rings. The van der Waals surface area contributed by atoms with Gasteiger partial charge in [0.15, 0.2) is 0 Å². The summed E-state index contributed by atoms with van der Waals surface area (Å²) in [6, 6.07) is -1.19. The van der Waals surface area contributed by atoms with Crippen molar-refractivity contribution in [2.45, 2.75) is 12.1 Å². The topological polar surface area (TPSA) is 83.5 Å². The third kappa shape index (κ3) is 4.27. The Balaban J connectivity index is 4.04. The number of hydrogen-bond acceptors (Lipinski definition) is 3. The van der Waals surface area contributed by atoms with Gasteiger partial charge >= 0.3 is 5.97 Å². The second-order valence-electron chi connectivity index (χ2n) is 3.90. The number of aliphatic carboxylic acids is 1. The van der Waals surface area contributed by atoms with E-state index < -0.39 is 18.1 Å². The molecule has 0 aromatic heterocycles. The molecule has 12 heavy (non-hydrogen) atoms. The van der Waals surface area contributed by atoms with Crippen molar-refractivity contribution in [3.8, 4) is 0 Å². The van der Waals surface area contributed by atoms with Gasteiger partial charge in [0.1, 0.15) is 18.7 Å². The van der Waals surface area contributed by atoms with Crippen molar-refractivity contribution < 1.29 is 19.5 Å². The fourth-order valence-electron chi connectivity index (χ4n) is 0.839. The van der Waals surface area contributed by atoms with Crippen molar-refractivity contribution in [2.24, 2.45) is 5.73 Å². The summed E-state index contributed by atoms with van der Waals surface area (Å²) in [6.07, 6.45) is -0.998. The van der Waals surface area contributed by atoms with Gasteiger partial charge in [-0.15, -0.1) is 0 Å². The first-order valence-corrected chi connectivity index (χ1v) is 3.71. The van der Waals surface area contributed by atoms with Gasteiger partial charge in [0.25, 0.3) is 0 Å². The molecule has 72 valence electrons. The number of aliphatic hydroxyl groups excluding tert-OH is 1. The number of aliphatic hydroxyl groups is 1. The molecule has 5 nitrogen and oxygen atoms in total. The zero-order valence-electron chi connectivity index (χ0n) is 7.69. The maximum Gasteiger partial charge on any atom is 0.323 e. The molecule has 2 atom stereocenters. The second kappa shape index (κ2) is 3.84. The molecular weight excluding hydrogens is 160 g/mol. The molecule has 0 aromatic rings. The van der Waals surface area contributed by atoms with E-state index in [0.29, 0.717) is 11.0 Å². The first kappa shape index (κ1) is 11.4. The van der Waals surface area contributed by atoms with E-state index in [1.54, 1.807) is 0 Å².